The van der Waals surface area contributed by atoms with Gasteiger partial charge in [0.05, 0.1) is 7.11 Å². The second-order valence-corrected chi connectivity index (χ2v) is 5.66. The molecule has 1 aromatic heterocycles. The van der Waals surface area contributed by atoms with Crippen molar-refractivity contribution in [3.63, 3.8) is 0 Å². The standard InChI is InChI=1S/C18H23N3O/c1-15(16-6-5-7-17(14-16)22-2)20-10-12-21(13-11-20)18-8-3-4-9-19-18/h3-9,14-15H,10-13H2,1-2H3. The minimum absolute atomic E-state index is 0.404. The van der Waals surface area contributed by atoms with Crippen molar-refractivity contribution in [2.24, 2.45) is 0 Å². The number of anilines is 1. The molecule has 4 heteroatoms. The third-order valence-electron chi connectivity index (χ3n) is 4.41. The summed E-state index contributed by atoms with van der Waals surface area (Å²) in [6, 6.07) is 14.9. The summed E-state index contributed by atoms with van der Waals surface area (Å²) in [6.45, 7) is 6.41. The van der Waals surface area contributed by atoms with Crippen molar-refractivity contribution < 1.29 is 4.74 Å². The molecule has 1 unspecified atom stereocenters. The lowest BCUT2D eigenvalue weighted by Crippen LogP contribution is -2.47. The zero-order valence-electron chi connectivity index (χ0n) is 13.3. The molecule has 1 aromatic carbocycles. The van der Waals surface area contributed by atoms with E-state index in [1.165, 1.54) is 5.56 Å². The summed E-state index contributed by atoms with van der Waals surface area (Å²) in [5.41, 5.74) is 1.31. The number of benzene rings is 1. The van der Waals surface area contributed by atoms with Crippen LogP contribution in [0.25, 0.3) is 0 Å². The molecule has 3 rings (SSSR count). The molecule has 0 bridgehead atoms. The van der Waals surface area contributed by atoms with E-state index in [4.69, 9.17) is 4.74 Å². The first kappa shape index (κ1) is 14.9. The van der Waals surface area contributed by atoms with Gasteiger partial charge in [-0.2, -0.15) is 0 Å². The first-order valence-electron chi connectivity index (χ1n) is 7.82. The van der Waals surface area contributed by atoms with Crippen LogP contribution in [0.15, 0.2) is 48.7 Å². The molecule has 116 valence electrons. The van der Waals surface area contributed by atoms with Crippen LogP contribution in [-0.2, 0) is 0 Å². The molecule has 1 atom stereocenters. The number of ether oxygens (including phenoxy) is 1. The number of pyridine rings is 1. The van der Waals surface area contributed by atoms with Crippen LogP contribution in [0.5, 0.6) is 5.75 Å². The molecule has 0 aliphatic carbocycles. The first-order valence-corrected chi connectivity index (χ1v) is 7.82. The minimum Gasteiger partial charge on any atom is -0.497 e. The summed E-state index contributed by atoms with van der Waals surface area (Å²) in [7, 11) is 1.72. The molecule has 0 N–H and O–H groups in total. The van der Waals surface area contributed by atoms with Crippen LogP contribution in [0.4, 0.5) is 5.82 Å². The van der Waals surface area contributed by atoms with Crippen LogP contribution in [0, 0.1) is 0 Å². The van der Waals surface area contributed by atoms with E-state index in [-0.39, 0.29) is 0 Å². The van der Waals surface area contributed by atoms with E-state index in [1.807, 2.05) is 24.4 Å². The molecule has 1 aliphatic heterocycles. The highest BCUT2D eigenvalue weighted by molar-refractivity contribution is 5.38. The lowest BCUT2D eigenvalue weighted by atomic mass is 10.1. The number of hydrogen-bond donors (Lipinski definition) is 0. The van der Waals surface area contributed by atoms with Gasteiger partial charge in [0.15, 0.2) is 0 Å². The van der Waals surface area contributed by atoms with Gasteiger partial charge in [-0.25, -0.2) is 4.98 Å². The van der Waals surface area contributed by atoms with Gasteiger partial charge in [0, 0.05) is 38.4 Å². The molecule has 1 saturated heterocycles. The lowest BCUT2D eigenvalue weighted by molar-refractivity contribution is 0.198. The third-order valence-corrected chi connectivity index (χ3v) is 4.41. The average Bonchev–Trinajstić information content (AvgIpc) is 2.62. The van der Waals surface area contributed by atoms with E-state index in [9.17, 15) is 0 Å². The summed E-state index contributed by atoms with van der Waals surface area (Å²) in [6.07, 6.45) is 1.86. The fourth-order valence-corrected chi connectivity index (χ4v) is 2.99. The highest BCUT2D eigenvalue weighted by Crippen LogP contribution is 2.25. The fraction of sp³-hybridized carbons (Fsp3) is 0.389. The maximum Gasteiger partial charge on any atom is 0.128 e. The SMILES string of the molecule is COc1cccc(C(C)N2CCN(c3ccccn3)CC2)c1. The predicted octanol–water partition coefficient (Wildman–Crippen LogP) is 2.97. The van der Waals surface area contributed by atoms with Gasteiger partial charge in [0.2, 0.25) is 0 Å². The van der Waals surface area contributed by atoms with Crippen LogP contribution in [0.2, 0.25) is 0 Å². The zero-order valence-corrected chi connectivity index (χ0v) is 13.3. The van der Waals surface area contributed by atoms with Crippen molar-refractivity contribution in [3.05, 3.63) is 54.2 Å². The normalized spacial score (nSPS) is 17.3. The quantitative estimate of drug-likeness (QED) is 0.867. The molecule has 22 heavy (non-hydrogen) atoms. The molecule has 0 radical (unpaired) electrons. The number of nitrogens with zero attached hydrogens (tertiary/aromatic N) is 3. The van der Waals surface area contributed by atoms with Gasteiger partial charge in [0.1, 0.15) is 11.6 Å². The number of piperazine rings is 1. The van der Waals surface area contributed by atoms with Gasteiger partial charge >= 0.3 is 0 Å². The van der Waals surface area contributed by atoms with E-state index < -0.39 is 0 Å². The first-order chi connectivity index (χ1) is 10.8. The van der Waals surface area contributed by atoms with Gasteiger partial charge in [-0.1, -0.05) is 18.2 Å². The van der Waals surface area contributed by atoms with Gasteiger partial charge in [0.25, 0.3) is 0 Å². The largest absolute Gasteiger partial charge is 0.497 e. The average molecular weight is 297 g/mol. The summed E-state index contributed by atoms with van der Waals surface area (Å²) in [5.74, 6) is 2.01. The Morgan fingerprint density at radius 2 is 1.86 bits per heavy atom. The molecule has 0 spiro atoms. The number of rotatable bonds is 4. The molecular formula is C18H23N3O. The maximum atomic E-state index is 5.33. The maximum absolute atomic E-state index is 5.33. The van der Waals surface area contributed by atoms with Crippen LogP contribution in [-0.4, -0.2) is 43.2 Å². The fourth-order valence-electron chi connectivity index (χ4n) is 2.99. The topological polar surface area (TPSA) is 28.6 Å². The molecule has 2 aromatic rings. The second kappa shape index (κ2) is 6.79. The van der Waals surface area contributed by atoms with Crippen molar-refractivity contribution >= 4 is 5.82 Å². The summed E-state index contributed by atoms with van der Waals surface area (Å²) < 4.78 is 5.33. The Hall–Kier alpha value is -2.07. The Bertz CT molecular complexity index is 594. The van der Waals surface area contributed by atoms with Crippen LogP contribution >= 0.6 is 0 Å². The van der Waals surface area contributed by atoms with Crippen molar-refractivity contribution in [3.8, 4) is 5.75 Å². The van der Waals surface area contributed by atoms with E-state index in [1.54, 1.807) is 7.11 Å². The monoisotopic (exact) mass is 297 g/mol. The van der Waals surface area contributed by atoms with E-state index in [0.29, 0.717) is 6.04 Å². The molecule has 4 nitrogen and oxygen atoms in total. The Balaban J connectivity index is 1.63. The smallest absolute Gasteiger partial charge is 0.128 e. The lowest BCUT2D eigenvalue weighted by Gasteiger charge is -2.38. The van der Waals surface area contributed by atoms with Gasteiger partial charge in [-0.3, -0.25) is 4.90 Å². The minimum atomic E-state index is 0.404. The molecule has 1 fully saturated rings. The van der Waals surface area contributed by atoms with Gasteiger partial charge in [-0.05, 0) is 36.8 Å². The molecule has 2 heterocycles. The van der Waals surface area contributed by atoms with Crippen molar-refractivity contribution in [1.29, 1.82) is 0 Å². The van der Waals surface area contributed by atoms with Crippen molar-refractivity contribution in [1.82, 2.24) is 9.88 Å². The molecule has 1 aliphatic rings. The highest BCUT2D eigenvalue weighted by atomic mass is 16.5. The Morgan fingerprint density at radius 3 is 2.55 bits per heavy atom. The van der Waals surface area contributed by atoms with Gasteiger partial charge < -0.3 is 9.64 Å². The number of hydrogen-bond acceptors (Lipinski definition) is 4. The third kappa shape index (κ3) is 3.22. The van der Waals surface area contributed by atoms with E-state index >= 15 is 0 Å². The molecule has 0 saturated carbocycles. The zero-order chi connectivity index (χ0) is 15.4. The van der Waals surface area contributed by atoms with Crippen LogP contribution < -0.4 is 9.64 Å². The second-order valence-electron chi connectivity index (χ2n) is 5.66. The summed E-state index contributed by atoms with van der Waals surface area (Å²) in [5, 5.41) is 0. The number of methoxy groups -OCH3 is 1. The van der Waals surface area contributed by atoms with Crippen molar-refractivity contribution in [2.45, 2.75) is 13.0 Å². The van der Waals surface area contributed by atoms with E-state index in [0.717, 1.165) is 37.7 Å². The molecular weight excluding hydrogens is 274 g/mol. The van der Waals surface area contributed by atoms with Crippen LogP contribution in [0.1, 0.15) is 18.5 Å². The Kier molecular flexibility index (Phi) is 4.59. The molecule has 0 amide bonds. The Morgan fingerprint density at radius 1 is 1.05 bits per heavy atom. The Labute approximate surface area is 132 Å². The van der Waals surface area contributed by atoms with Crippen LogP contribution in [0.3, 0.4) is 0 Å². The summed E-state index contributed by atoms with van der Waals surface area (Å²) in [4.78, 5) is 9.32. The summed E-state index contributed by atoms with van der Waals surface area (Å²) >= 11 is 0. The van der Waals surface area contributed by atoms with E-state index in [2.05, 4.69) is 46.0 Å². The van der Waals surface area contributed by atoms with Gasteiger partial charge in [-0.15, -0.1) is 0 Å². The van der Waals surface area contributed by atoms with Crippen molar-refractivity contribution in [2.75, 3.05) is 38.2 Å². The predicted molar refractivity (Wildman–Crippen MR) is 89.4 cm³/mol. The highest BCUT2D eigenvalue weighted by Gasteiger charge is 2.22. The number of aromatic nitrogens is 1.